The van der Waals surface area contributed by atoms with Gasteiger partial charge in [0.05, 0.1) is 24.9 Å². The zero-order valence-electron chi connectivity index (χ0n) is 9.16. The van der Waals surface area contributed by atoms with E-state index in [0.717, 1.165) is 25.6 Å². The van der Waals surface area contributed by atoms with Gasteiger partial charge in [-0.05, 0) is 32.6 Å². The topological polar surface area (TPSA) is 30.5 Å². The first-order valence-electron chi connectivity index (χ1n) is 5.73. The number of hydrogen-bond donors (Lipinski definition) is 1. The maximum atomic E-state index is 5.97. The smallest absolute Gasteiger partial charge is 0.0937 e. The minimum atomic E-state index is 0.261. The normalized spacial score (nSPS) is 33.6. The van der Waals surface area contributed by atoms with Gasteiger partial charge in [-0.25, -0.2) is 0 Å². The lowest BCUT2D eigenvalue weighted by Crippen LogP contribution is -2.47. The number of morpholine rings is 1. The van der Waals surface area contributed by atoms with Crippen LogP contribution in [0.15, 0.2) is 0 Å². The Kier molecular flexibility index (Phi) is 3.42. The maximum absolute atomic E-state index is 5.97. The Morgan fingerprint density at radius 3 is 2.79 bits per heavy atom. The van der Waals surface area contributed by atoms with Crippen molar-refractivity contribution in [3.63, 3.8) is 0 Å². The molecule has 0 spiro atoms. The summed E-state index contributed by atoms with van der Waals surface area (Å²) in [4.78, 5) is 0. The molecule has 1 heterocycles. The zero-order chi connectivity index (χ0) is 9.97. The van der Waals surface area contributed by atoms with Crippen LogP contribution in [0.5, 0.6) is 0 Å². The standard InChI is InChI=1S/C11H21NO2/c1-8(2)13-7-10-5-12-6-11(14-10)9-3-4-9/h8-12H,3-7H2,1-2H3/t10-,11+/m0/s1. The van der Waals surface area contributed by atoms with Crippen molar-refractivity contribution in [1.82, 2.24) is 5.32 Å². The van der Waals surface area contributed by atoms with Gasteiger partial charge in [-0.2, -0.15) is 0 Å². The Morgan fingerprint density at radius 1 is 1.36 bits per heavy atom. The summed E-state index contributed by atoms with van der Waals surface area (Å²) in [5, 5.41) is 3.42. The zero-order valence-corrected chi connectivity index (χ0v) is 9.16. The van der Waals surface area contributed by atoms with Crippen LogP contribution in [0.4, 0.5) is 0 Å². The van der Waals surface area contributed by atoms with E-state index >= 15 is 0 Å². The van der Waals surface area contributed by atoms with Gasteiger partial charge < -0.3 is 14.8 Å². The van der Waals surface area contributed by atoms with E-state index in [9.17, 15) is 0 Å². The van der Waals surface area contributed by atoms with Crippen molar-refractivity contribution >= 4 is 0 Å². The Bertz CT molecular complexity index is 180. The van der Waals surface area contributed by atoms with Crippen LogP contribution in [0.2, 0.25) is 0 Å². The molecule has 0 radical (unpaired) electrons. The lowest BCUT2D eigenvalue weighted by Gasteiger charge is -2.31. The molecule has 2 atom stereocenters. The van der Waals surface area contributed by atoms with Gasteiger partial charge in [0.25, 0.3) is 0 Å². The molecule has 14 heavy (non-hydrogen) atoms. The van der Waals surface area contributed by atoms with Crippen LogP contribution in [-0.4, -0.2) is 38.0 Å². The van der Waals surface area contributed by atoms with E-state index in [2.05, 4.69) is 19.2 Å². The molecule has 0 amide bonds. The average Bonchev–Trinajstić information content (AvgIpc) is 2.98. The molecule has 0 aromatic carbocycles. The van der Waals surface area contributed by atoms with Gasteiger partial charge in [-0.15, -0.1) is 0 Å². The van der Waals surface area contributed by atoms with Gasteiger partial charge in [0.2, 0.25) is 0 Å². The molecule has 1 aliphatic heterocycles. The second-order valence-corrected chi connectivity index (χ2v) is 4.67. The molecule has 1 saturated carbocycles. The fourth-order valence-corrected chi connectivity index (χ4v) is 1.87. The van der Waals surface area contributed by atoms with Crippen LogP contribution >= 0.6 is 0 Å². The molecule has 0 aromatic heterocycles. The summed E-state index contributed by atoms with van der Waals surface area (Å²) in [5.74, 6) is 0.823. The SMILES string of the molecule is CC(C)OC[C@@H]1CNC[C@H](C2CC2)O1. The number of ether oxygens (including phenoxy) is 2. The summed E-state index contributed by atoms with van der Waals surface area (Å²) in [6.07, 6.45) is 3.72. The van der Waals surface area contributed by atoms with Gasteiger partial charge in [-0.3, -0.25) is 0 Å². The molecular formula is C11H21NO2. The molecule has 1 saturated heterocycles. The van der Waals surface area contributed by atoms with Crippen molar-refractivity contribution < 1.29 is 9.47 Å². The van der Waals surface area contributed by atoms with Crippen LogP contribution in [0.25, 0.3) is 0 Å². The van der Waals surface area contributed by atoms with Crippen LogP contribution < -0.4 is 5.32 Å². The molecule has 3 nitrogen and oxygen atoms in total. The number of hydrogen-bond acceptors (Lipinski definition) is 3. The summed E-state index contributed by atoms with van der Waals surface area (Å²) >= 11 is 0. The van der Waals surface area contributed by atoms with Crippen molar-refractivity contribution in [2.24, 2.45) is 5.92 Å². The second-order valence-electron chi connectivity index (χ2n) is 4.67. The van der Waals surface area contributed by atoms with E-state index < -0.39 is 0 Å². The molecular weight excluding hydrogens is 178 g/mol. The minimum Gasteiger partial charge on any atom is -0.376 e. The van der Waals surface area contributed by atoms with E-state index in [0.29, 0.717) is 12.2 Å². The lowest BCUT2D eigenvalue weighted by molar-refractivity contribution is -0.0921. The highest BCUT2D eigenvalue weighted by atomic mass is 16.5. The molecule has 2 rings (SSSR count). The van der Waals surface area contributed by atoms with Gasteiger partial charge in [0.15, 0.2) is 0 Å². The van der Waals surface area contributed by atoms with E-state index in [1.165, 1.54) is 12.8 Å². The summed E-state index contributed by atoms with van der Waals surface area (Å²) in [5.41, 5.74) is 0. The largest absolute Gasteiger partial charge is 0.376 e. The maximum Gasteiger partial charge on any atom is 0.0937 e. The lowest BCUT2D eigenvalue weighted by atomic mass is 10.2. The van der Waals surface area contributed by atoms with E-state index in [1.807, 2.05) is 0 Å². The Morgan fingerprint density at radius 2 is 2.14 bits per heavy atom. The van der Waals surface area contributed by atoms with Gasteiger partial charge in [-0.1, -0.05) is 0 Å². The van der Waals surface area contributed by atoms with Crippen molar-refractivity contribution in [3.8, 4) is 0 Å². The summed E-state index contributed by atoms with van der Waals surface area (Å²) in [7, 11) is 0. The third-order valence-electron chi connectivity index (χ3n) is 2.85. The monoisotopic (exact) mass is 199 g/mol. The predicted octanol–water partition coefficient (Wildman–Crippen LogP) is 1.18. The third kappa shape index (κ3) is 2.94. The molecule has 82 valence electrons. The van der Waals surface area contributed by atoms with Crippen molar-refractivity contribution in [2.75, 3.05) is 19.7 Å². The third-order valence-corrected chi connectivity index (χ3v) is 2.85. The highest BCUT2D eigenvalue weighted by Gasteiger charge is 2.35. The first kappa shape index (κ1) is 10.4. The highest BCUT2D eigenvalue weighted by Crippen LogP contribution is 2.35. The summed E-state index contributed by atoms with van der Waals surface area (Å²) < 4.78 is 11.5. The fourth-order valence-electron chi connectivity index (χ4n) is 1.87. The Balaban J connectivity index is 1.70. The fraction of sp³-hybridized carbons (Fsp3) is 1.00. The molecule has 2 aliphatic rings. The van der Waals surface area contributed by atoms with Crippen molar-refractivity contribution in [3.05, 3.63) is 0 Å². The van der Waals surface area contributed by atoms with Gasteiger partial charge in [0, 0.05) is 13.1 Å². The molecule has 0 aromatic rings. The second kappa shape index (κ2) is 4.60. The van der Waals surface area contributed by atoms with E-state index in [1.54, 1.807) is 0 Å². The van der Waals surface area contributed by atoms with Gasteiger partial charge in [0.1, 0.15) is 0 Å². The van der Waals surface area contributed by atoms with Crippen molar-refractivity contribution in [1.29, 1.82) is 0 Å². The molecule has 0 unspecified atom stereocenters. The predicted molar refractivity (Wildman–Crippen MR) is 55.3 cm³/mol. The van der Waals surface area contributed by atoms with Crippen LogP contribution in [-0.2, 0) is 9.47 Å². The number of rotatable bonds is 4. The minimum absolute atomic E-state index is 0.261. The number of nitrogens with one attached hydrogen (secondary N) is 1. The molecule has 3 heteroatoms. The average molecular weight is 199 g/mol. The van der Waals surface area contributed by atoms with E-state index in [-0.39, 0.29) is 6.10 Å². The van der Waals surface area contributed by atoms with Crippen LogP contribution in [0, 0.1) is 5.92 Å². The first-order valence-corrected chi connectivity index (χ1v) is 5.73. The van der Waals surface area contributed by atoms with Crippen LogP contribution in [0.1, 0.15) is 26.7 Å². The highest BCUT2D eigenvalue weighted by molar-refractivity contribution is 4.87. The summed E-state index contributed by atoms with van der Waals surface area (Å²) in [6, 6.07) is 0. The molecule has 1 aliphatic carbocycles. The Labute approximate surface area is 86.2 Å². The first-order chi connectivity index (χ1) is 6.75. The quantitative estimate of drug-likeness (QED) is 0.737. The van der Waals surface area contributed by atoms with E-state index in [4.69, 9.17) is 9.47 Å². The van der Waals surface area contributed by atoms with Crippen molar-refractivity contribution in [2.45, 2.75) is 45.0 Å². The summed E-state index contributed by atoms with van der Waals surface area (Å²) in [6.45, 7) is 6.83. The molecule has 1 N–H and O–H groups in total. The molecule has 2 fully saturated rings. The van der Waals surface area contributed by atoms with Gasteiger partial charge >= 0.3 is 0 Å². The Hall–Kier alpha value is -0.120. The molecule has 0 bridgehead atoms. The van der Waals surface area contributed by atoms with Crippen LogP contribution in [0.3, 0.4) is 0 Å².